The largest absolute Gasteiger partial charge is 0.465 e. The molecule has 0 aliphatic carbocycles. The second-order valence-electron chi connectivity index (χ2n) is 4.78. The Morgan fingerprint density at radius 3 is 2.58 bits per heavy atom. The van der Waals surface area contributed by atoms with Crippen molar-refractivity contribution in [2.75, 3.05) is 44.7 Å². The van der Waals surface area contributed by atoms with E-state index in [1.54, 1.807) is 6.20 Å². The van der Waals surface area contributed by atoms with Gasteiger partial charge in [-0.3, -0.25) is 0 Å². The number of methoxy groups -OCH3 is 1. The number of hydrogen-bond donors (Lipinski definition) is 0. The molecule has 5 heteroatoms. The first-order chi connectivity index (χ1) is 9.15. The Balaban J connectivity index is 2.11. The summed E-state index contributed by atoms with van der Waals surface area (Å²) < 4.78 is 4.71. The zero-order chi connectivity index (χ0) is 13.8. The summed E-state index contributed by atoms with van der Waals surface area (Å²) in [6, 6.07) is 1.85. The van der Waals surface area contributed by atoms with Gasteiger partial charge in [0.1, 0.15) is 5.82 Å². The maximum atomic E-state index is 11.5. The molecule has 0 atom stereocenters. The zero-order valence-corrected chi connectivity index (χ0v) is 11.8. The molecule has 1 aliphatic heterocycles. The van der Waals surface area contributed by atoms with Crippen molar-refractivity contribution in [1.82, 2.24) is 9.88 Å². The molecule has 0 spiro atoms. The van der Waals surface area contributed by atoms with Gasteiger partial charge in [-0.25, -0.2) is 9.78 Å². The van der Waals surface area contributed by atoms with E-state index < -0.39 is 0 Å². The summed E-state index contributed by atoms with van der Waals surface area (Å²) in [5.74, 6) is 0.640. The first kappa shape index (κ1) is 13.8. The van der Waals surface area contributed by atoms with Crippen LogP contribution in [0.15, 0.2) is 12.3 Å². The number of rotatable bonds is 3. The van der Waals surface area contributed by atoms with Gasteiger partial charge in [-0.2, -0.15) is 0 Å². The van der Waals surface area contributed by atoms with Gasteiger partial charge in [0, 0.05) is 32.4 Å². The SMILES string of the molecule is CCN1CCN(c2ncc(C(=O)OC)cc2C)CC1. The summed E-state index contributed by atoms with van der Waals surface area (Å²) >= 11 is 0. The predicted molar refractivity (Wildman–Crippen MR) is 74.6 cm³/mol. The average Bonchev–Trinajstić information content (AvgIpc) is 2.46. The number of hydrogen-bond acceptors (Lipinski definition) is 5. The van der Waals surface area contributed by atoms with E-state index in [-0.39, 0.29) is 5.97 Å². The first-order valence-corrected chi connectivity index (χ1v) is 6.68. The van der Waals surface area contributed by atoms with Crippen LogP contribution in [-0.4, -0.2) is 55.7 Å². The summed E-state index contributed by atoms with van der Waals surface area (Å²) in [5, 5.41) is 0. The molecular formula is C14H21N3O2. The molecule has 0 saturated carbocycles. The number of carbonyl (C=O) groups is 1. The topological polar surface area (TPSA) is 45.7 Å². The van der Waals surface area contributed by atoms with E-state index in [0.717, 1.165) is 44.1 Å². The van der Waals surface area contributed by atoms with Crippen LogP contribution in [0.25, 0.3) is 0 Å². The minimum absolute atomic E-state index is 0.335. The molecule has 104 valence electrons. The molecule has 1 saturated heterocycles. The van der Waals surface area contributed by atoms with Crippen molar-refractivity contribution < 1.29 is 9.53 Å². The van der Waals surface area contributed by atoms with Crippen molar-refractivity contribution in [2.45, 2.75) is 13.8 Å². The van der Waals surface area contributed by atoms with Crippen LogP contribution < -0.4 is 4.90 Å². The number of nitrogens with zero attached hydrogens (tertiary/aromatic N) is 3. The van der Waals surface area contributed by atoms with E-state index in [2.05, 4.69) is 21.7 Å². The van der Waals surface area contributed by atoms with Gasteiger partial charge < -0.3 is 14.5 Å². The summed E-state index contributed by atoms with van der Waals surface area (Å²) in [6.45, 7) is 9.37. The summed E-state index contributed by atoms with van der Waals surface area (Å²) in [7, 11) is 1.38. The quantitative estimate of drug-likeness (QED) is 0.770. The van der Waals surface area contributed by atoms with E-state index in [9.17, 15) is 4.79 Å². The van der Waals surface area contributed by atoms with E-state index >= 15 is 0 Å². The van der Waals surface area contributed by atoms with Crippen molar-refractivity contribution in [3.05, 3.63) is 23.4 Å². The molecule has 2 rings (SSSR count). The number of aryl methyl sites for hydroxylation is 1. The molecule has 5 nitrogen and oxygen atoms in total. The summed E-state index contributed by atoms with van der Waals surface area (Å²) in [6.07, 6.45) is 1.60. The van der Waals surface area contributed by atoms with Gasteiger partial charge in [0.2, 0.25) is 0 Å². The molecule has 2 heterocycles. The molecule has 1 aromatic rings. The van der Waals surface area contributed by atoms with Crippen molar-refractivity contribution in [3.8, 4) is 0 Å². The molecule has 1 fully saturated rings. The Kier molecular flexibility index (Phi) is 4.37. The highest BCUT2D eigenvalue weighted by atomic mass is 16.5. The van der Waals surface area contributed by atoms with Gasteiger partial charge in [0.15, 0.2) is 0 Å². The lowest BCUT2D eigenvalue weighted by Gasteiger charge is -2.35. The third-order valence-corrected chi connectivity index (χ3v) is 3.59. The van der Waals surface area contributed by atoms with Crippen LogP contribution >= 0.6 is 0 Å². The molecule has 0 aromatic carbocycles. The highest BCUT2D eigenvalue weighted by molar-refractivity contribution is 5.89. The van der Waals surface area contributed by atoms with Gasteiger partial charge in [-0.1, -0.05) is 6.92 Å². The van der Waals surface area contributed by atoms with Gasteiger partial charge in [0.05, 0.1) is 12.7 Å². The summed E-state index contributed by atoms with van der Waals surface area (Å²) in [5.41, 5.74) is 1.53. The van der Waals surface area contributed by atoms with Crippen LogP contribution in [0.4, 0.5) is 5.82 Å². The second kappa shape index (κ2) is 6.02. The number of esters is 1. The first-order valence-electron chi connectivity index (χ1n) is 6.68. The summed E-state index contributed by atoms with van der Waals surface area (Å²) in [4.78, 5) is 20.6. The maximum Gasteiger partial charge on any atom is 0.339 e. The molecule has 0 N–H and O–H groups in total. The van der Waals surface area contributed by atoms with Crippen molar-refractivity contribution in [2.24, 2.45) is 0 Å². The Morgan fingerprint density at radius 1 is 1.37 bits per heavy atom. The molecule has 0 radical (unpaired) electrons. The van der Waals surface area contributed by atoms with Crippen LogP contribution in [0.5, 0.6) is 0 Å². The van der Waals surface area contributed by atoms with Crippen LogP contribution in [0.3, 0.4) is 0 Å². The Labute approximate surface area is 114 Å². The number of likely N-dealkylation sites (N-methyl/N-ethyl adjacent to an activating group) is 1. The molecule has 0 unspecified atom stereocenters. The molecule has 0 bridgehead atoms. The highest BCUT2D eigenvalue weighted by Crippen LogP contribution is 2.19. The molecular weight excluding hydrogens is 242 g/mol. The van der Waals surface area contributed by atoms with Crippen molar-refractivity contribution in [3.63, 3.8) is 0 Å². The van der Waals surface area contributed by atoms with Gasteiger partial charge in [-0.05, 0) is 25.1 Å². The monoisotopic (exact) mass is 263 g/mol. The van der Waals surface area contributed by atoms with E-state index in [4.69, 9.17) is 4.74 Å². The maximum absolute atomic E-state index is 11.5. The van der Waals surface area contributed by atoms with E-state index in [1.807, 2.05) is 13.0 Å². The standard InChI is InChI=1S/C14H21N3O2/c1-4-16-5-7-17(8-6-16)13-11(2)9-12(10-15-13)14(18)19-3/h9-10H,4-8H2,1-3H3. The fourth-order valence-corrected chi connectivity index (χ4v) is 2.40. The van der Waals surface area contributed by atoms with Crippen LogP contribution in [0.2, 0.25) is 0 Å². The number of carbonyl (C=O) groups excluding carboxylic acids is 1. The third-order valence-electron chi connectivity index (χ3n) is 3.59. The zero-order valence-electron chi connectivity index (χ0n) is 11.8. The van der Waals surface area contributed by atoms with Crippen LogP contribution in [-0.2, 0) is 4.74 Å². The van der Waals surface area contributed by atoms with Gasteiger partial charge >= 0.3 is 5.97 Å². The van der Waals surface area contributed by atoms with Crippen LogP contribution in [0, 0.1) is 6.92 Å². The normalized spacial score (nSPS) is 16.5. The minimum atomic E-state index is -0.335. The van der Waals surface area contributed by atoms with E-state index in [1.165, 1.54) is 7.11 Å². The number of piperazine rings is 1. The average molecular weight is 263 g/mol. The van der Waals surface area contributed by atoms with Crippen molar-refractivity contribution in [1.29, 1.82) is 0 Å². The lowest BCUT2D eigenvalue weighted by molar-refractivity contribution is 0.0600. The van der Waals surface area contributed by atoms with Gasteiger partial charge in [-0.15, -0.1) is 0 Å². The lowest BCUT2D eigenvalue weighted by atomic mass is 10.2. The lowest BCUT2D eigenvalue weighted by Crippen LogP contribution is -2.46. The smallest absolute Gasteiger partial charge is 0.339 e. The minimum Gasteiger partial charge on any atom is -0.465 e. The van der Waals surface area contributed by atoms with Crippen molar-refractivity contribution >= 4 is 11.8 Å². The van der Waals surface area contributed by atoms with E-state index in [0.29, 0.717) is 5.56 Å². The van der Waals surface area contributed by atoms with Crippen LogP contribution in [0.1, 0.15) is 22.8 Å². The Hall–Kier alpha value is -1.62. The van der Waals surface area contributed by atoms with Gasteiger partial charge in [0.25, 0.3) is 0 Å². The fourth-order valence-electron chi connectivity index (χ4n) is 2.40. The molecule has 1 aliphatic rings. The number of anilines is 1. The Morgan fingerprint density at radius 2 is 2.05 bits per heavy atom. The fraction of sp³-hybridized carbons (Fsp3) is 0.571. The molecule has 19 heavy (non-hydrogen) atoms. The highest BCUT2D eigenvalue weighted by Gasteiger charge is 2.19. The third kappa shape index (κ3) is 3.04. The number of ether oxygens (including phenoxy) is 1. The molecule has 0 amide bonds. The number of pyridine rings is 1. The number of aromatic nitrogens is 1. The molecule has 1 aromatic heterocycles. The Bertz CT molecular complexity index is 454. The second-order valence-corrected chi connectivity index (χ2v) is 4.78. The predicted octanol–water partition coefficient (Wildman–Crippen LogP) is 1.32.